The number of hydrogen-bond acceptors (Lipinski definition) is 4. The molecule has 0 bridgehead atoms. The molecule has 1 atom stereocenters. The summed E-state index contributed by atoms with van der Waals surface area (Å²) < 4.78 is 5.00. The first kappa shape index (κ1) is 9.27. The molecule has 1 unspecified atom stereocenters. The number of hydrogen-bond donors (Lipinski definition) is 1. The minimum absolute atomic E-state index is 0.303. The fourth-order valence-corrected chi connectivity index (χ4v) is 1.70. The minimum atomic E-state index is 0.303. The Kier molecular flexibility index (Phi) is 2.54. The summed E-state index contributed by atoms with van der Waals surface area (Å²) in [6, 6.07) is 4.19. The van der Waals surface area contributed by atoms with Crippen molar-refractivity contribution in [3.05, 3.63) is 18.3 Å². The van der Waals surface area contributed by atoms with Crippen LogP contribution in [0.4, 0.5) is 5.69 Å². The number of anilines is 1. The Labute approximate surface area is 83.7 Å². The smallest absolute Gasteiger partial charge is 0.213 e. The van der Waals surface area contributed by atoms with Gasteiger partial charge in [-0.15, -0.1) is 0 Å². The van der Waals surface area contributed by atoms with Gasteiger partial charge in [-0.25, -0.2) is 4.98 Å². The van der Waals surface area contributed by atoms with Crippen LogP contribution in [-0.4, -0.2) is 31.2 Å². The van der Waals surface area contributed by atoms with Gasteiger partial charge in [0.1, 0.15) is 0 Å². The Hall–Kier alpha value is -1.29. The Morgan fingerprint density at radius 2 is 2.43 bits per heavy atom. The summed E-state index contributed by atoms with van der Waals surface area (Å²) in [5, 5.41) is 0. The molecule has 1 saturated heterocycles. The summed E-state index contributed by atoms with van der Waals surface area (Å²) >= 11 is 0. The summed E-state index contributed by atoms with van der Waals surface area (Å²) in [6.45, 7) is 1.95. The molecular formula is C10H15N3O. The highest BCUT2D eigenvalue weighted by Crippen LogP contribution is 2.20. The third kappa shape index (κ3) is 1.80. The van der Waals surface area contributed by atoms with Crippen molar-refractivity contribution < 1.29 is 4.74 Å². The Bertz CT molecular complexity index is 299. The molecule has 4 nitrogen and oxygen atoms in total. The summed E-state index contributed by atoms with van der Waals surface area (Å²) in [6.07, 6.45) is 2.89. The van der Waals surface area contributed by atoms with Gasteiger partial charge in [-0.2, -0.15) is 0 Å². The van der Waals surface area contributed by atoms with Crippen molar-refractivity contribution in [1.82, 2.24) is 4.98 Å². The van der Waals surface area contributed by atoms with Crippen LogP contribution in [0.2, 0.25) is 0 Å². The van der Waals surface area contributed by atoms with Gasteiger partial charge in [0.2, 0.25) is 5.88 Å². The number of nitrogens with zero attached hydrogens (tertiary/aromatic N) is 2. The zero-order chi connectivity index (χ0) is 9.97. The second-order valence-corrected chi connectivity index (χ2v) is 3.55. The van der Waals surface area contributed by atoms with Gasteiger partial charge in [0.05, 0.1) is 19.0 Å². The first-order valence-electron chi connectivity index (χ1n) is 4.80. The number of rotatable bonds is 2. The molecule has 2 N–H and O–H groups in total. The monoisotopic (exact) mass is 193 g/mol. The Morgan fingerprint density at radius 3 is 2.93 bits per heavy atom. The van der Waals surface area contributed by atoms with E-state index in [1.807, 2.05) is 18.3 Å². The number of pyridine rings is 1. The topological polar surface area (TPSA) is 51.4 Å². The predicted octanol–water partition coefficient (Wildman–Crippen LogP) is 0.628. The van der Waals surface area contributed by atoms with E-state index in [4.69, 9.17) is 10.5 Å². The lowest BCUT2D eigenvalue weighted by Gasteiger charge is -2.17. The van der Waals surface area contributed by atoms with E-state index in [1.165, 1.54) is 0 Å². The molecule has 4 heteroatoms. The van der Waals surface area contributed by atoms with E-state index in [0.717, 1.165) is 25.2 Å². The Morgan fingerprint density at radius 1 is 1.57 bits per heavy atom. The van der Waals surface area contributed by atoms with Gasteiger partial charge >= 0.3 is 0 Å². The molecule has 1 fully saturated rings. The van der Waals surface area contributed by atoms with Gasteiger partial charge in [0.25, 0.3) is 0 Å². The zero-order valence-corrected chi connectivity index (χ0v) is 8.31. The number of methoxy groups -OCH3 is 1. The largest absolute Gasteiger partial charge is 0.481 e. The Balaban J connectivity index is 2.09. The highest BCUT2D eigenvalue weighted by atomic mass is 16.5. The fraction of sp³-hybridized carbons (Fsp3) is 0.500. The van der Waals surface area contributed by atoms with Crippen molar-refractivity contribution in [1.29, 1.82) is 0 Å². The van der Waals surface area contributed by atoms with Crippen LogP contribution in [0.15, 0.2) is 18.3 Å². The van der Waals surface area contributed by atoms with Crippen molar-refractivity contribution in [2.24, 2.45) is 5.73 Å². The predicted molar refractivity (Wildman–Crippen MR) is 55.6 cm³/mol. The maximum atomic E-state index is 5.83. The number of aromatic nitrogens is 1. The van der Waals surface area contributed by atoms with Gasteiger partial charge in [0, 0.05) is 25.2 Å². The first-order valence-corrected chi connectivity index (χ1v) is 4.80. The molecule has 0 saturated carbocycles. The summed E-state index contributed by atoms with van der Waals surface area (Å²) in [5.74, 6) is 0.650. The molecule has 2 heterocycles. The van der Waals surface area contributed by atoms with Crippen LogP contribution in [0.3, 0.4) is 0 Å². The van der Waals surface area contributed by atoms with Gasteiger partial charge in [-0.05, 0) is 12.5 Å². The standard InChI is InChI=1S/C10H15N3O/c1-14-10-3-2-9(6-12-10)13-5-4-8(11)7-13/h2-3,6,8H,4-5,7,11H2,1H3. The molecule has 2 rings (SSSR count). The quantitative estimate of drug-likeness (QED) is 0.748. The lowest BCUT2D eigenvalue weighted by Crippen LogP contribution is -2.26. The van der Waals surface area contributed by atoms with Gasteiger partial charge in [-0.1, -0.05) is 0 Å². The summed E-state index contributed by atoms with van der Waals surface area (Å²) in [5.41, 5.74) is 6.96. The molecule has 0 amide bonds. The van der Waals surface area contributed by atoms with E-state index in [2.05, 4.69) is 9.88 Å². The molecule has 76 valence electrons. The average Bonchev–Trinajstić information content (AvgIpc) is 2.65. The van der Waals surface area contributed by atoms with Crippen LogP contribution in [0.25, 0.3) is 0 Å². The van der Waals surface area contributed by atoms with Crippen LogP contribution in [-0.2, 0) is 0 Å². The molecule has 0 aromatic carbocycles. The third-order valence-corrected chi connectivity index (χ3v) is 2.52. The molecule has 0 spiro atoms. The lowest BCUT2D eigenvalue weighted by molar-refractivity contribution is 0.398. The van der Waals surface area contributed by atoms with Crippen LogP contribution < -0.4 is 15.4 Å². The summed E-state index contributed by atoms with van der Waals surface area (Å²) in [7, 11) is 1.62. The van der Waals surface area contributed by atoms with Gasteiger partial charge in [0.15, 0.2) is 0 Å². The second kappa shape index (κ2) is 3.84. The zero-order valence-electron chi connectivity index (χ0n) is 8.31. The molecule has 0 radical (unpaired) electrons. The van der Waals surface area contributed by atoms with E-state index >= 15 is 0 Å². The molecule has 14 heavy (non-hydrogen) atoms. The first-order chi connectivity index (χ1) is 6.79. The van der Waals surface area contributed by atoms with E-state index in [1.54, 1.807) is 7.11 Å². The molecule has 1 aromatic rings. The van der Waals surface area contributed by atoms with Gasteiger partial charge < -0.3 is 15.4 Å². The third-order valence-electron chi connectivity index (χ3n) is 2.52. The summed E-state index contributed by atoms with van der Waals surface area (Å²) in [4.78, 5) is 6.41. The molecular weight excluding hydrogens is 178 g/mol. The highest BCUT2D eigenvalue weighted by molar-refractivity contribution is 5.46. The maximum Gasteiger partial charge on any atom is 0.213 e. The normalized spacial score (nSPS) is 21.3. The van der Waals surface area contributed by atoms with E-state index in [0.29, 0.717) is 11.9 Å². The fourth-order valence-electron chi connectivity index (χ4n) is 1.70. The van der Waals surface area contributed by atoms with Crippen LogP contribution in [0.5, 0.6) is 5.88 Å². The highest BCUT2D eigenvalue weighted by Gasteiger charge is 2.19. The average molecular weight is 193 g/mol. The van der Waals surface area contributed by atoms with Crippen molar-refractivity contribution in [2.75, 3.05) is 25.1 Å². The van der Waals surface area contributed by atoms with E-state index < -0.39 is 0 Å². The van der Waals surface area contributed by atoms with Crippen molar-refractivity contribution >= 4 is 5.69 Å². The second-order valence-electron chi connectivity index (χ2n) is 3.55. The maximum absolute atomic E-state index is 5.83. The number of nitrogens with two attached hydrogens (primary N) is 1. The molecule has 1 aromatic heterocycles. The molecule has 0 aliphatic carbocycles. The molecule has 1 aliphatic rings. The van der Waals surface area contributed by atoms with Crippen LogP contribution in [0.1, 0.15) is 6.42 Å². The molecule has 1 aliphatic heterocycles. The van der Waals surface area contributed by atoms with E-state index in [9.17, 15) is 0 Å². The van der Waals surface area contributed by atoms with Crippen molar-refractivity contribution in [3.8, 4) is 5.88 Å². The van der Waals surface area contributed by atoms with Gasteiger partial charge in [-0.3, -0.25) is 0 Å². The minimum Gasteiger partial charge on any atom is -0.481 e. The van der Waals surface area contributed by atoms with Crippen molar-refractivity contribution in [2.45, 2.75) is 12.5 Å². The lowest BCUT2D eigenvalue weighted by atomic mass is 10.3. The van der Waals surface area contributed by atoms with Crippen LogP contribution >= 0.6 is 0 Å². The number of ether oxygens (including phenoxy) is 1. The van der Waals surface area contributed by atoms with E-state index in [-0.39, 0.29) is 0 Å². The van der Waals surface area contributed by atoms with Crippen LogP contribution in [0, 0.1) is 0 Å². The SMILES string of the molecule is COc1ccc(N2CCC(N)C2)cn1. The van der Waals surface area contributed by atoms with Crippen molar-refractivity contribution in [3.63, 3.8) is 0 Å².